The minimum Gasteiger partial charge on any atom is -0.378 e. The van der Waals surface area contributed by atoms with Gasteiger partial charge in [0.15, 0.2) is 0 Å². The summed E-state index contributed by atoms with van der Waals surface area (Å²) in [5.74, 6) is 0.226. The van der Waals surface area contributed by atoms with Crippen LogP contribution in [0, 0.1) is 10.1 Å². The fraction of sp³-hybridized carbons (Fsp3) is 0.346. The van der Waals surface area contributed by atoms with E-state index in [-0.39, 0.29) is 23.3 Å². The van der Waals surface area contributed by atoms with Gasteiger partial charge in [-0.25, -0.2) is 4.98 Å². The van der Waals surface area contributed by atoms with Gasteiger partial charge in [-0.05, 0) is 37.5 Å². The largest absolute Gasteiger partial charge is 0.378 e. The Labute approximate surface area is 235 Å². The highest BCUT2D eigenvalue weighted by atomic mass is 35.5. The minimum atomic E-state index is -0.578. The average Bonchev–Trinajstić information content (AvgIpc) is 3.50. The molecule has 39 heavy (non-hydrogen) atoms. The summed E-state index contributed by atoms with van der Waals surface area (Å²) < 4.78 is 1.91. The van der Waals surface area contributed by atoms with Crippen LogP contribution >= 0.6 is 23.2 Å². The van der Waals surface area contributed by atoms with Gasteiger partial charge in [-0.3, -0.25) is 19.7 Å². The molecule has 0 bridgehead atoms. The number of nitrogens with two attached hydrogens (primary N) is 1. The molecule has 0 aliphatic carbocycles. The van der Waals surface area contributed by atoms with Crippen molar-refractivity contribution in [3.63, 3.8) is 0 Å². The van der Waals surface area contributed by atoms with Crippen LogP contribution in [0.1, 0.15) is 36.0 Å². The Morgan fingerprint density at radius 2 is 1.90 bits per heavy atom. The highest BCUT2D eigenvalue weighted by Crippen LogP contribution is 2.33. The van der Waals surface area contributed by atoms with Crippen molar-refractivity contribution in [3.05, 3.63) is 68.4 Å². The molecular formula is C26H29Cl2N7O4. The van der Waals surface area contributed by atoms with Gasteiger partial charge in [0.1, 0.15) is 5.82 Å². The predicted octanol–water partition coefficient (Wildman–Crippen LogP) is 4.59. The third-order valence-electron chi connectivity index (χ3n) is 6.41. The number of aromatic nitrogens is 2. The van der Waals surface area contributed by atoms with Crippen LogP contribution in [0.25, 0.3) is 11.1 Å². The fourth-order valence-corrected chi connectivity index (χ4v) is 4.96. The van der Waals surface area contributed by atoms with Crippen molar-refractivity contribution in [1.82, 2.24) is 19.8 Å². The monoisotopic (exact) mass is 573 g/mol. The molecule has 3 aromatic rings. The van der Waals surface area contributed by atoms with Gasteiger partial charge in [0.05, 0.1) is 10.5 Å². The Hall–Kier alpha value is -3.83. The molecule has 2 aromatic heterocycles. The van der Waals surface area contributed by atoms with Gasteiger partial charge >= 0.3 is 5.69 Å². The molecular weight excluding hydrogens is 545 g/mol. The van der Waals surface area contributed by atoms with E-state index in [2.05, 4.69) is 15.6 Å². The van der Waals surface area contributed by atoms with Crippen molar-refractivity contribution in [2.45, 2.75) is 32.2 Å². The van der Waals surface area contributed by atoms with Crippen molar-refractivity contribution >= 4 is 52.3 Å². The van der Waals surface area contributed by atoms with E-state index < -0.39 is 4.92 Å². The van der Waals surface area contributed by atoms with Crippen molar-refractivity contribution in [1.29, 1.82) is 0 Å². The molecule has 3 heterocycles. The molecule has 1 saturated heterocycles. The zero-order valence-corrected chi connectivity index (χ0v) is 22.7. The number of nitrogens with one attached hydrogen (secondary N) is 2. The fourth-order valence-electron chi connectivity index (χ4n) is 4.45. The summed E-state index contributed by atoms with van der Waals surface area (Å²) in [4.78, 5) is 41.1. The van der Waals surface area contributed by atoms with E-state index in [1.165, 1.54) is 12.1 Å². The number of nitrogens with zero attached hydrogens (tertiary/aromatic N) is 4. The number of hydrogen-bond donors (Lipinski definition) is 3. The Balaban J connectivity index is 1.40. The number of rotatable bonds is 12. The van der Waals surface area contributed by atoms with E-state index in [9.17, 15) is 19.7 Å². The maximum atomic E-state index is 13.2. The lowest BCUT2D eigenvalue weighted by molar-refractivity contribution is -0.384. The number of carbonyl (C=O) groups is 2. The smallest absolute Gasteiger partial charge is 0.311 e. The van der Waals surface area contributed by atoms with Crippen LogP contribution in [0.5, 0.6) is 0 Å². The first-order chi connectivity index (χ1) is 18.7. The molecule has 0 saturated carbocycles. The molecule has 0 unspecified atom stereocenters. The number of anilines is 2. The lowest BCUT2D eigenvalue weighted by Gasteiger charge is -2.15. The lowest BCUT2D eigenvalue weighted by Crippen LogP contribution is -2.30. The predicted molar refractivity (Wildman–Crippen MR) is 151 cm³/mol. The molecule has 4 rings (SSSR count). The number of amides is 2. The number of nitrogen functional groups attached to an aromatic ring is 1. The summed E-state index contributed by atoms with van der Waals surface area (Å²) in [7, 11) is 0. The maximum absolute atomic E-state index is 13.2. The summed E-state index contributed by atoms with van der Waals surface area (Å²) in [5.41, 5.74) is 7.27. The number of pyridine rings is 1. The summed E-state index contributed by atoms with van der Waals surface area (Å²) >= 11 is 12.5. The van der Waals surface area contributed by atoms with Crippen molar-refractivity contribution in [2.24, 2.45) is 0 Å². The van der Waals surface area contributed by atoms with Gasteiger partial charge in [0.2, 0.25) is 11.7 Å². The van der Waals surface area contributed by atoms with Crippen LogP contribution in [0.2, 0.25) is 10.0 Å². The number of hydrogen-bond acceptors (Lipinski definition) is 7. The molecule has 1 aliphatic rings. The van der Waals surface area contributed by atoms with Gasteiger partial charge in [0, 0.05) is 78.8 Å². The van der Waals surface area contributed by atoms with E-state index in [1.807, 2.05) is 15.7 Å². The second kappa shape index (κ2) is 12.8. The first-order valence-electron chi connectivity index (χ1n) is 12.6. The quantitative estimate of drug-likeness (QED) is 0.163. The Bertz CT molecular complexity index is 1380. The molecule has 1 aliphatic heterocycles. The topological polar surface area (TPSA) is 148 Å². The van der Waals surface area contributed by atoms with Gasteiger partial charge in [-0.1, -0.05) is 29.3 Å². The number of nitro groups is 1. The van der Waals surface area contributed by atoms with Crippen LogP contribution in [-0.2, 0) is 11.3 Å². The zero-order chi connectivity index (χ0) is 27.9. The van der Waals surface area contributed by atoms with Gasteiger partial charge in [-0.15, -0.1) is 0 Å². The highest BCUT2D eigenvalue weighted by molar-refractivity contribution is 6.36. The number of likely N-dealkylation sites (tertiary alicyclic amines) is 1. The minimum absolute atomic E-state index is 0.150. The molecule has 2 amide bonds. The van der Waals surface area contributed by atoms with E-state index >= 15 is 0 Å². The Kier molecular flexibility index (Phi) is 9.26. The zero-order valence-electron chi connectivity index (χ0n) is 21.2. The third-order valence-corrected chi connectivity index (χ3v) is 6.95. The molecule has 4 N–H and O–H groups in total. The number of carbonyl (C=O) groups excluding carboxylic acids is 2. The van der Waals surface area contributed by atoms with Crippen LogP contribution < -0.4 is 16.4 Å². The van der Waals surface area contributed by atoms with Crippen molar-refractivity contribution in [2.75, 3.05) is 37.2 Å². The van der Waals surface area contributed by atoms with Crippen LogP contribution in [0.3, 0.4) is 0 Å². The normalized spacial score (nSPS) is 13.1. The van der Waals surface area contributed by atoms with E-state index in [0.29, 0.717) is 78.0 Å². The molecule has 1 fully saturated rings. The molecule has 0 atom stereocenters. The number of benzene rings is 1. The second-order valence-electron chi connectivity index (χ2n) is 9.18. The van der Waals surface area contributed by atoms with Crippen molar-refractivity contribution in [3.8, 4) is 11.1 Å². The third kappa shape index (κ3) is 7.18. The SMILES string of the molecule is Nc1nc(NCCCn2cc(C(=O)NCCCN3CCCC3=O)c(-c3ccc(Cl)cc3Cl)c2)ccc1[N+](=O)[O-]. The average molecular weight is 574 g/mol. The first kappa shape index (κ1) is 28.2. The van der Waals surface area contributed by atoms with Gasteiger partial charge < -0.3 is 25.8 Å². The summed E-state index contributed by atoms with van der Waals surface area (Å²) in [6, 6.07) is 7.96. The molecule has 1 aromatic carbocycles. The van der Waals surface area contributed by atoms with Gasteiger partial charge in [0.25, 0.3) is 5.91 Å². The summed E-state index contributed by atoms with van der Waals surface area (Å²) in [6.07, 6.45) is 6.47. The van der Waals surface area contributed by atoms with Crippen molar-refractivity contribution < 1.29 is 14.5 Å². The Morgan fingerprint density at radius 3 is 2.59 bits per heavy atom. The standard InChI is InChI=1S/C26H29Cl2N7O4/c27-17-5-6-18(21(28)14-17)19-15-33(11-2-9-30-23-8-7-22(35(38)39)25(29)32-23)16-20(19)26(37)31-10-3-13-34-12-1-4-24(34)36/h5-8,14-16H,1-4,9-13H2,(H,31,37)(H3,29,30,32). The van der Waals surface area contributed by atoms with E-state index in [0.717, 1.165) is 13.0 Å². The second-order valence-corrected chi connectivity index (χ2v) is 10.0. The van der Waals surface area contributed by atoms with E-state index in [1.54, 1.807) is 24.4 Å². The van der Waals surface area contributed by atoms with Gasteiger partial charge in [-0.2, -0.15) is 0 Å². The summed E-state index contributed by atoms with van der Waals surface area (Å²) in [6.45, 7) is 2.95. The highest BCUT2D eigenvalue weighted by Gasteiger charge is 2.21. The number of aryl methyl sites for hydroxylation is 1. The lowest BCUT2D eigenvalue weighted by atomic mass is 10.0. The maximum Gasteiger partial charge on any atom is 0.311 e. The van der Waals surface area contributed by atoms with Crippen LogP contribution in [-0.4, -0.2) is 57.4 Å². The Morgan fingerprint density at radius 1 is 1.10 bits per heavy atom. The summed E-state index contributed by atoms with van der Waals surface area (Å²) in [5, 5.41) is 17.9. The van der Waals surface area contributed by atoms with E-state index in [4.69, 9.17) is 28.9 Å². The molecule has 0 radical (unpaired) electrons. The van der Waals surface area contributed by atoms with Crippen LogP contribution in [0.4, 0.5) is 17.3 Å². The molecule has 0 spiro atoms. The molecule has 206 valence electrons. The number of halogens is 2. The van der Waals surface area contributed by atoms with Crippen LogP contribution in [0.15, 0.2) is 42.7 Å². The molecule has 11 nitrogen and oxygen atoms in total. The molecule has 13 heteroatoms. The first-order valence-corrected chi connectivity index (χ1v) is 13.3.